The lowest BCUT2D eigenvalue weighted by Crippen LogP contribution is -2.06. The van der Waals surface area contributed by atoms with E-state index in [-0.39, 0.29) is 16.2 Å². The Morgan fingerprint density at radius 3 is 2.09 bits per heavy atom. The van der Waals surface area contributed by atoms with Crippen molar-refractivity contribution >= 4 is 39.7 Å². The molecule has 3 rings (SSSR count). The minimum absolute atomic E-state index is 0.0412. The minimum Gasteiger partial charge on any atom is -0.494 e. The van der Waals surface area contributed by atoms with Gasteiger partial charge >= 0.3 is 5.97 Å². The highest BCUT2D eigenvalue weighted by molar-refractivity contribution is 8.14. The maximum absolute atomic E-state index is 12.8. The average molecular weight is 631 g/mol. The van der Waals surface area contributed by atoms with Gasteiger partial charge in [0.1, 0.15) is 11.5 Å². The van der Waals surface area contributed by atoms with Crippen molar-refractivity contribution in [3.05, 3.63) is 101 Å². The molecule has 0 atom stereocenters. The number of benzene rings is 3. The van der Waals surface area contributed by atoms with Crippen molar-refractivity contribution in [2.24, 2.45) is 0 Å². The number of unbranched alkanes of at least 4 members (excludes halogenated alkanes) is 3. The van der Waals surface area contributed by atoms with Crippen LogP contribution >= 0.6 is 23.5 Å². The number of hydrogen-bond acceptors (Lipinski definition) is 8. The van der Waals surface area contributed by atoms with E-state index >= 15 is 0 Å². The summed E-state index contributed by atoms with van der Waals surface area (Å²) < 4.78 is 16.6. The number of carbonyl (C=O) groups excluding carboxylic acids is 3. The first-order valence-electron chi connectivity index (χ1n) is 14.5. The molecule has 0 radical (unpaired) electrons. The van der Waals surface area contributed by atoms with E-state index in [1.807, 2.05) is 61.5 Å². The molecule has 0 unspecified atom stereocenters. The molecule has 0 amide bonds. The van der Waals surface area contributed by atoms with Crippen LogP contribution < -0.4 is 9.47 Å². The molecule has 0 aliphatic rings. The zero-order chi connectivity index (χ0) is 31.7. The van der Waals surface area contributed by atoms with Crippen LogP contribution in [0.4, 0.5) is 0 Å². The van der Waals surface area contributed by atoms with Gasteiger partial charge in [0.2, 0.25) is 5.12 Å². The van der Waals surface area contributed by atoms with Gasteiger partial charge < -0.3 is 14.2 Å². The number of ether oxygens (including phenoxy) is 3. The monoisotopic (exact) mass is 630 g/mol. The second-order valence-corrected chi connectivity index (χ2v) is 12.4. The van der Waals surface area contributed by atoms with E-state index in [1.165, 1.54) is 23.5 Å². The van der Waals surface area contributed by atoms with E-state index < -0.39 is 0 Å². The predicted molar refractivity (Wildman–Crippen MR) is 179 cm³/mol. The summed E-state index contributed by atoms with van der Waals surface area (Å²) in [6.45, 7) is 10.2. The largest absolute Gasteiger partial charge is 0.494 e. The molecule has 0 heterocycles. The fourth-order valence-corrected chi connectivity index (χ4v) is 5.04. The van der Waals surface area contributed by atoms with Gasteiger partial charge in [-0.15, -0.1) is 0 Å². The summed E-state index contributed by atoms with van der Waals surface area (Å²) in [6.07, 6.45) is 3.66. The fraction of sp³-hybridized carbons (Fsp3) is 0.306. The van der Waals surface area contributed by atoms with Crippen molar-refractivity contribution in [3.63, 3.8) is 0 Å². The van der Waals surface area contributed by atoms with E-state index in [1.54, 1.807) is 26.0 Å². The lowest BCUT2D eigenvalue weighted by molar-refractivity contribution is -0.139. The number of hydrogen-bond donors (Lipinski definition) is 0. The quantitative estimate of drug-likeness (QED) is 0.0549. The minimum atomic E-state index is -0.340. The van der Waals surface area contributed by atoms with Gasteiger partial charge in [0.25, 0.3) is 0 Å². The smallest absolute Gasteiger partial charge is 0.333 e. The summed E-state index contributed by atoms with van der Waals surface area (Å²) in [4.78, 5) is 36.0. The van der Waals surface area contributed by atoms with Crippen molar-refractivity contribution in [1.82, 2.24) is 0 Å². The molecule has 3 aromatic carbocycles. The van der Waals surface area contributed by atoms with Gasteiger partial charge in [-0.25, -0.2) is 4.79 Å². The molecule has 0 spiro atoms. The van der Waals surface area contributed by atoms with Crippen LogP contribution in [0, 0.1) is 18.8 Å². The zero-order valence-electron chi connectivity index (χ0n) is 25.5. The number of thioether (sulfide) groups is 2. The zero-order valence-corrected chi connectivity index (χ0v) is 27.1. The second kappa shape index (κ2) is 18.7. The average Bonchev–Trinajstić information content (AvgIpc) is 3.01. The summed E-state index contributed by atoms with van der Waals surface area (Å²) >= 11 is 2.43. The molecular weight excluding hydrogens is 593 g/mol. The fourth-order valence-electron chi connectivity index (χ4n) is 3.85. The van der Waals surface area contributed by atoms with Crippen LogP contribution in [0.2, 0.25) is 0 Å². The van der Waals surface area contributed by atoms with Crippen molar-refractivity contribution < 1.29 is 28.6 Å². The van der Waals surface area contributed by atoms with Crippen LogP contribution in [0.25, 0.3) is 0 Å². The molecule has 0 aromatic heterocycles. The molecule has 0 aliphatic heterocycles. The van der Waals surface area contributed by atoms with Gasteiger partial charge in [-0.2, -0.15) is 0 Å². The molecule has 0 bridgehead atoms. The summed E-state index contributed by atoms with van der Waals surface area (Å²) in [5.74, 6) is 8.16. The van der Waals surface area contributed by atoms with Crippen LogP contribution in [-0.4, -0.2) is 41.8 Å². The second-order valence-electron chi connectivity index (χ2n) is 10.0. The van der Waals surface area contributed by atoms with Crippen molar-refractivity contribution in [2.45, 2.75) is 51.3 Å². The molecule has 0 N–H and O–H groups in total. The molecule has 230 valence electrons. The van der Waals surface area contributed by atoms with Gasteiger partial charge in [0.15, 0.2) is 5.12 Å². The Kier molecular flexibility index (Phi) is 14.7. The van der Waals surface area contributed by atoms with E-state index in [0.717, 1.165) is 58.8 Å². The number of carbonyl (C=O) groups is 3. The highest BCUT2D eigenvalue weighted by Gasteiger charge is 2.09. The summed E-state index contributed by atoms with van der Waals surface area (Å²) in [5, 5.41) is 0.0451. The Morgan fingerprint density at radius 2 is 1.43 bits per heavy atom. The van der Waals surface area contributed by atoms with Crippen LogP contribution in [0.15, 0.2) is 83.8 Å². The first-order valence-corrected chi connectivity index (χ1v) is 16.3. The van der Waals surface area contributed by atoms with Crippen molar-refractivity contribution in [2.75, 3.05) is 25.6 Å². The first-order chi connectivity index (χ1) is 21.2. The molecule has 8 heteroatoms. The predicted octanol–water partition coefficient (Wildman–Crippen LogP) is 8.04. The first kappa shape index (κ1) is 34.6. The number of rotatable bonds is 15. The lowest BCUT2D eigenvalue weighted by atomic mass is 10.1. The Labute approximate surface area is 268 Å². The van der Waals surface area contributed by atoms with E-state index in [4.69, 9.17) is 14.2 Å². The summed E-state index contributed by atoms with van der Waals surface area (Å²) in [7, 11) is 0. The maximum Gasteiger partial charge on any atom is 0.333 e. The van der Waals surface area contributed by atoms with Gasteiger partial charge in [-0.3, -0.25) is 9.59 Å². The van der Waals surface area contributed by atoms with Crippen molar-refractivity contribution in [1.29, 1.82) is 0 Å². The van der Waals surface area contributed by atoms with Gasteiger partial charge in [-0.05, 0) is 124 Å². The third-order valence-electron chi connectivity index (χ3n) is 6.24. The molecule has 0 saturated carbocycles. The maximum atomic E-state index is 12.8. The van der Waals surface area contributed by atoms with Crippen LogP contribution in [0.1, 0.15) is 66.6 Å². The SMILES string of the molecule is C=C(C)C(=O)OCCCCCCOc1ccc(C(=O)Sc2ccc(C#Cc3ccc(OCCSC(C)=O)cc3C)cc2)cc1. The number of aryl methyl sites for hydroxylation is 1. The van der Waals surface area contributed by atoms with E-state index in [0.29, 0.717) is 36.7 Å². The Hall–Kier alpha value is -3.93. The molecule has 0 aliphatic carbocycles. The molecule has 0 fully saturated rings. The van der Waals surface area contributed by atoms with Crippen LogP contribution in [0.5, 0.6) is 11.5 Å². The normalized spacial score (nSPS) is 10.3. The molecule has 6 nitrogen and oxygen atoms in total. The van der Waals surface area contributed by atoms with Crippen LogP contribution in [0.3, 0.4) is 0 Å². The Morgan fingerprint density at radius 1 is 0.773 bits per heavy atom. The van der Waals surface area contributed by atoms with Gasteiger partial charge in [0, 0.05) is 39.8 Å². The molecular formula is C36H38O6S2. The Bertz CT molecular complexity index is 1480. The van der Waals surface area contributed by atoms with Crippen molar-refractivity contribution in [3.8, 4) is 23.3 Å². The number of esters is 1. The topological polar surface area (TPSA) is 78.9 Å². The van der Waals surface area contributed by atoms with E-state index in [2.05, 4.69) is 18.4 Å². The van der Waals surface area contributed by atoms with E-state index in [9.17, 15) is 14.4 Å². The molecule has 3 aromatic rings. The van der Waals surface area contributed by atoms with Gasteiger partial charge in [-0.1, -0.05) is 30.2 Å². The standard InChI is InChI=1S/C36H38O6S2/c1-26(2)35(38)42-22-8-6-5-7-21-40-32-16-14-31(15-17-32)36(39)44-34-19-10-29(11-20-34)9-12-30-13-18-33(25-27(30)3)41-23-24-43-28(4)37/h10-11,13-20,25H,1,5-8,21-24H2,2-4H3. The third kappa shape index (κ3) is 12.7. The highest BCUT2D eigenvalue weighted by atomic mass is 32.2. The molecule has 0 saturated heterocycles. The Balaban J connectivity index is 1.39. The third-order valence-corrected chi connectivity index (χ3v) is 7.95. The van der Waals surface area contributed by atoms with Crippen LogP contribution in [-0.2, 0) is 14.3 Å². The summed E-state index contributed by atoms with van der Waals surface area (Å²) in [6, 6.07) is 20.6. The van der Waals surface area contributed by atoms with Gasteiger partial charge in [0.05, 0.1) is 19.8 Å². The summed E-state index contributed by atoms with van der Waals surface area (Å²) in [5.41, 5.74) is 3.81. The highest BCUT2D eigenvalue weighted by Crippen LogP contribution is 2.25. The lowest BCUT2D eigenvalue weighted by Gasteiger charge is -2.08. The molecule has 44 heavy (non-hydrogen) atoms.